The third kappa shape index (κ3) is 5.88. The highest BCUT2D eigenvalue weighted by atomic mass is 16.5. The van der Waals surface area contributed by atoms with Gasteiger partial charge in [0.15, 0.2) is 11.5 Å². The van der Waals surface area contributed by atoms with Crippen molar-refractivity contribution in [3.05, 3.63) is 118 Å². The van der Waals surface area contributed by atoms with E-state index in [1.54, 1.807) is 14.2 Å². The molecule has 0 aliphatic heterocycles. The van der Waals surface area contributed by atoms with E-state index in [1.807, 2.05) is 6.07 Å². The van der Waals surface area contributed by atoms with E-state index < -0.39 is 5.41 Å². The van der Waals surface area contributed by atoms with Crippen LogP contribution in [-0.2, 0) is 10.2 Å². The van der Waals surface area contributed by atoms with Crippen molar-refractivity contribution in [3.8, 4) is 34.1 Å². The Morgan fingerprint density at radius 3 is 1.71 bits per heavy atom. The Labute approximate surface area is 284 Å². The van der Waals surface area contributed by atoms with Gasteiger partial charge < -0.3 is 28.8 Å². The summed E-state index contributed by atoms with van der Waals surface area (Å²) in [5.41, 5.74) is 8.08. The van der Waals surface area contributed by atoms with Crippen LogP contribution in [0.1, 0.15) is 54.2 Å². The highest BCUT2D eigenvalue weighted by molar-refractivity contribution is 5.96. The Bertz CT molecular complexity index is 1930. The predicted molar refractivity (Wildman–Crippen MR) is 192 cm³/mol. The van der Waals surface area contributed by atoms with E-state index in [1.165, 1.54) is 16.3 Å². The number of fused-ring (bicyclic) bond motifs is 4. The summed E-state index contributed by atoms with van der Waals surface area (Å²) in [6, 6.07) is 30.3. The first-order valence-corrected chi connectivity index (χ1v) is 16.7. The molecule has 2 unspecified atom stereocenters. The summed E-state index contributed by atoms with van der Waals surface area (Å²) in [6.45, 7) is 11.8. The first-order chi connectivity index (χ1) is 23.2. The maximum atomic E-state index is 9.43. The first-order valence-electron chi connectivity index (χ1n) is 16.7. The fraction of sp³-hybridized carbons (Fsp3) is 0.333. The summed E-state index contributed by atoms with van der Waals surface area (Å²) in [5.74, 6) is 3.40. The quantitative estimate of drug-likeness (QED) is 0.127. The lowest BCUT2D eigenvalue weighted by Crippen LogP contribution is -2.29. The molecule has 250 valence electrons. The molecule has 1 aliphatic rings. The zero-order chi connectivity index (χ0) is 34.0. The van der Waals surface area contributed by atoms with Crippen LogP contribution in [0.15, 0.2) is 84.9 Å². The smallest absolute Gasteiger partial charge is 0.161 e. The first kappa shape index (κ1) is 33.4. The van der Waals surface area contributed by atoms with E-state index in [4.69, 9.17) is 23.7 Å². The number of methoxy groups -OCH3 is 2. The SMILES string of the molecule is COc1cc2c(cc1OC)C(c1ccc(OCCO)c(C)c1)(c1ccc(OCCOC(C)C(C)C)c(C)c1)c1cc3ccccc3cc1-2. The Morgan fingerprint density at radius 2 is 1.15 bits per heavy atom. The molecule has 0 bridgehead atoms. The zero-order valence-corrected chi connectivity index (χ0v) is 29.1. The van der Waals surface area contributed by atoms with Gasteiger partial charge in [0.1, 0.15) is 24.7 Å². The minimum absolute atomic E-state index is 0.0445. The number of aryl methyl sites for hydroxylation is 2. The summed E-state index contributed by atoms with van der Waals surface area (Å²) in [7, 11) is 3.36. The van der Waals surface area contributed by atoms with Gasteiger partial charge in [-0.2, -0.15) is 0 Å². The minimum atomic E-state index is -0.701. The van der Waals surface area contributed by atoms with Crippen LogP contribution in [0.25, 0.3) is 21.9 Å². The molecule has 0 amide bonds. The molecule has 6 rings (SSSR count). The number of hydrogen-bond acceptors (Lipinski definition) is 6. The van der Waals surface area contributed by atoms with Crippen molar-refractivity contribution in [2.24, 2.45) is 5.92 Å². The molecular weight excluding hydrogens is 600 g/mol. The van der Waals surface area contributed by atoms with Crippen LogP contribution in [0.5, 0.6) is 23.0 Å². The van der Waals surface area contributed by atoms with Crippen LogP contribution in [-0.4, -0.2) is 51.9 Å². The molecule has 48 heavy (non-hydrogen) atoms. The number of hydrogen-bond donors (Lipinski definition) is 1. The van der Waals surface area contributed by atoms with Gasteiger partial charge in [0.25, 0.3) is 0 Å². The number of aliphatic hydroxyl groups excluding tert-OH is 1. The third-order valence-corrected chi connectivity index (χ3v) is 9.73. The Hall–Kier alpha value is -4.52. The fourth-order valence-electron chi connectivity index (χ4n) is 6.94. The summed E-state index contributed by atoms with van der Waals surface area (Å²) in [6.07, 6.45) is 0.176. The van der Waals surface area contributed by atoms with E-state index in [0.717, 1.165) is 50.4 Å². The second kappa shape index (κ2) is 13.9. The summed E-state index contributed by atoms with van der Waals surface area (Å²) < 4.78 is 29.9. The summed E-state index contributed by atoms with van der Waals surface area (Å²) in [4.78, 5) is 0. The van der Waals surface area contributed by atoms with Crippen LogP contribution >= 0.6 is 0 Å². The molecule has 6 heteroatoms. The lowest BCUT2D eigenvalue weighted by atomic mass is 9.67. The minimum Gasteiger partial charge on any atom is -0.493 e. The van der Waals surface area contributed by atoms with E-state index in [-0.39, 0.29) is 19.3 Å². The summed E-state index contributed by atoms with van der Waals surface area (Å²) >= 11 is 0. The molecule has 1 aliphatic carbocycles. The maximum Gasteiger partial charge on any atom is 0.161 e. The lowest BCUT2D eigenvalue weighted by molar-refractivity contribution is 0.0187. The third-order valence-electron chi connectivity index (χ3n) is 9.73. The Balaban J connectivity index is 1.58. The lowest BCUT2D eigenvalue weighted by Gasteiger charge is -2.35. The molecule has 0 saturated carbocycles. The molecule has 6 nitrogen and oxygen atoms in total. The van der Waals surface area contributed by atoms with Gasteiger partial charge in [0.2, 0.25) is 0 Å². The number of benzene rings is 5. The molecule has 0 heterocycles. The molecule has 0 aromatic heterocycles. The van der Waals surface area contributed by atoms with Crippen LogP contribution in [0.2, 0.25) is 0 Å². The molecule has 5 aromatic rings. The largest absolute Gasteiger partial charge is 0.493 e. The van der Waals surface area contributed by atoms with Crippen molar-refractivity contribution < 1.29 is 28.8 Å². The van der Waals surface area contributed by atoms with E-state index in [2.05, 4.69) is 113 Å². The monoisotopic (exact) mass is 646 g/mol. The van der Waals surface area contributed by atoms with Crippen molar-refractivity contribution in [2.75, 3.05) is 40.6 Å². The highest BCUT2D eigenvalue weighted by Crippen LogP contribution is 2.59. The van der Waals surface area contributed by atoms with Gasteiger partial charge in [-0.05, 0) is 118 Å². The van der Waals surface area contributed by atoms with E-state index in [0.29, 0.717) is 30.6 Å². The second-order valence-electron chi connectivity index (χ2n) is 12.9. The van der Waals surface area contributed by atoms with Gasteiger partial charge >= 0.3 is 0 Å². The van der Waals surface area contributed by atoms with Crippen molar-refractivity contribution >= 4 is 10.8 Å². The Morgan fingerprint density at radius 1 is 0.604 bits per heavy atom. The molecule has 0 saturated heterocycles. The van der Waals surface area contributed by atoms with E-state index >= 15 is 0 Å². The number of aliphatic hydroxyl groups is 1. The van der Waals surface area contributed by atoms with Gasteiger partial charge in [-0.25, -0.2) is 0 Å². The normalized spacial score (nSPS) is 15.7. The topological polar surface area (TPSA) is 66.4 Å². The second-order valence-corrected chi connectivity index (χ2v) is 12.9. The van der Waals surface area contributed by atoms with Gasteiger partial charge in [0, 0.05) is 0 Å². The molecule has 2 atom stereocenters. The average molecular weight is 647 g/mol. The molecule has 1 N–H and O–H groups in total. The number of rotatable bonds is 13. The maximum absolute atomic E-state index is 9.43. The van der Waals surface area contributed by atoms with Gasteiger partial charge in [0.05, 0.1) is 39.0 Å². The van der Waals surface area contributed by atoms with Crippen molar-refractivity contribution in [1.29, 1.82) is 0 Å². The molecule has 0 fully saturated rings. The highest BCUT2D eigenvalue weighted by Gasteiger charge is 2.47. The van der Waals surface area contributed by atoms with Crippen LogP contribution in [0.3, 0.4) is 0 Å². The molecule has 5 aromatic carbocycles. The van der Waals surface area contributed by atoms with Gasteiger partial charge in [-0.3, -0.25) is 0 Å². The van der Waals surface area contributed by atoms with Crippen molar-refractivity contribution in [3.63, 3.8) is 0 Å². The standard InChI is InChI=1S/C42H46O6/c1-26(2)29(5)46-18-19-48-39-15-13-33(21-28(39)4)42(32-12-14-38(27(3)20-32)47-17-16-43)36-23-31-11-9-8-10-30(31)22-34(36)35-24-40(44-6)41(45-7)25-37(35)42/h8-15,20-26,29,43H,16-19H2,1-7H3. The van der Waals surface area contributed by atoms with Crippen molar-refractivity contribution in [1.82, 2.24) is 0 Å². The number of ether oxygens (including phenoxy) is 5. The van der Waals surface area contributed by atoms with Crippen LogP contribution < -0.4 is 18.9 Å². The summed E-state index contributed by atoms with van der Waals surface area (Å²) in [5, 5.41) is 11.8. The molecule has 0 radical (unpaired) electrons. The Kier molecular flexibility index (Phi) is 9.68. The zero-order valence-electron chi connectivity index (χ0n) is 29.1. The van der Waals surface area contributed by atoms with Gasteiger partial charge in [-0.15, -0.1) is 0 Å². The van der Waals surface area contributed by atoms with Gasteiger partial charge in [-0.1, -0.05) is 62.4 Å². The average Bonchev–Trinajstić information content (AvgIpc) is 3.36. The fourth-order valence-corrected chi connectivity index (χ4v) is 6.94. The van der Waals surface area contributed by atoms with Crippen molar-refractivity contribution in [2.45, 2.75) is 46.1 Å². The molecule has 0 spiro atoms. The van der Waals surface area contributed by atoms with Crippen LogP contribution in [0, 0.1) is 19.8 Å². The predicted octanol–water partition coefficient (Wildman–Crippen LogP) is 8.65. The molecular formula is C42H46O6. The van der Waals surface area contributed by atoms with E-state index in [9.17, 15) is 5.11 Å². The van der Waals surface area contributed by atoms with Crippen LogP contribution in [0.4, 0.5) is 0 Å².